The zero-order valence-corrected chi connectivity index (χ0v) is 22.3. The Labute approximate surface area is 232 Å². The average Bonchev–Trinajstić information content (AvgIpc) is 2.94. The maximum Gasteiger partial charge on any atom is 0.321 e. The van der Waals surface area contributed by atoms with Gasteiger partial charge in [-0.25, -0.2) is 4.79 Å². The molecule has 196 valence electrons. The zero-order chi connectivity index (χ0) is 27.4. The minimum atomic E-state index is -0.175. The number of phenols is 2. The van der Waals surface area contributed by atoms with E-state index in [1.54, 1.807) is 60.5 Å². The molecule has 0 unspecified atom stereocenters. The number of benzene rings is 5. The minimum absolute atomic E-state index is 0.175. The van der Waals surface area contributed by atoms with E-state index >= 15 is 0 Å². The van der Waals surface area contributed by atoms with Gasteiger partial charge in [-0.15, -0.1) is 0 Å². The Morgan fingerprint density at radius 3 is 2.31 bits per heavy atom. The molecule has 6 heteroatoms. The van der Waals surface area contributed by atoms with Crippen molar-refractivity contribution < 1.29 is 15.0 Å². The van der Waals surface area contributed by atoms with E-state index in [1.807, 2.05) is 24.3 Å². The summed E-state index contributed by atoms with van der Waals surface area (Å²) in [5, 5.41) is 25.4. The summed E-state index contributed by atoms with van der Waals surface area (Å²) < 4.78 is 0. The number of urea groups is 1. The molecule has 0 bridgehead atoms. The van der Waals surface area contributed by atoms with Crippen molar-refractivity contribution in [3.63, 3.8) is 0 Å². The van der Waals surface area contributed by atoms with Crippen LogP contribution < -0.4 is 5.32 Å². The quantitative estimate of drug-likeness (QED) is 0.198. The third-order valence-corrected chi connectivity index (χ3v) is 7.10. The number of rotatable bonds is 7. The lowest BCUT2D eigenvalue weighted by Gasteiger charge is -2.18. The number of anilines is 1. The van der Waals surface area contributed by atoms with Crippen molar-refractivity contribution in [3.05, 3.63) is 125 Å². The maximum absolute atomic E-state index is 12.6. The number of amides is 2. The normalized spacial score (nSPS) is 10.9. The van der Waals surface area contributed by atoms with Crippen LogP contribution in [0, 0.1) is 0 Å². The molecule has 0 aromatic heterocycles. The third kappa shape index (κ3) is 6.33. The van der Waals surface area contributed by atoms with E-state index in [0.717, 1.165) is 38.6 Å². The molecule has 0 fully saturated rings. The molecule has 0 saturated heterocycles. The van der Waals surface area contributed by atoms with Crippen LogP contribution in [0.3, 0.4) is 0 Å². The summed E-state index contributed by atoms with van der Waals surface area (Å²) in [6.07, 6.45) is 1.41. The highest BCUT2D eigenvalue weighted by atomic mass is 35.5. The fourth-order valence-electron chi connectivity index (χ4n) is 4.73. The van der Waals surface area contributed by atoms with E-state index in [4.69, 9.17) is 11.6 Å². The van der Waals surface area contributed by atoms with Gasteiger partial charge in [0.05, 0.1) is 0 Å². The van der Waals surface area contributed by atoms with Crippen LogP contribution in [0.4, 0.5) is 10.5 Å². The van der Waals surface area contributed by atoms with Gasteiger partial charge in [0.15, 0.2) is 0 Å². The highest BCUT2D eigenvalue weighted by Gasteiger charge is 2.13. The number of likely N-dealkylation sites (N-methyl/N-ethyl adjacent to an activating group) is 1. The Balaban J connectivity index is 1.35. The first-order chi connectivity index (χ1) is 18.9. The second-order valence-corrected chi connectivity index (χ2v) is 10.1. The predicted molar refractivity (Wildman–Crippen MR) is 159 cm³/mol. The number of aromatic hydroxyl groups is 2. The van der Waals surface area contributed by atoms with Crippen LogP contribution in [0.1, 0.15) is 16.7 Å². The SMILES string of the molecule is CN(CCc1cccc(Cc2c(-c3ccc(O)cc3)ccc3cc(O)ccc23)c1)C(=O)Nc1ccc(Cl)cc1. The van der Waals surface area contributed by atoms with Crippen LogP contribution in [0.2, 0.25) is 5.02 Å². The fourth-order valence-corrected chi connectivity index (χ4v) is 4.86. The van der Waals surface area contributed by atoms with Gasteiger partial charge in [0.2, 0.25) is 0 Å². The third-order valence-electron chi connectivity index (χ3n) is 6.84. The fraction of sp³-hybridized carbons (Fsp3) is 0.121. The Kier molecular flexibility index (Phi) is 7.71. The summed E-state index contributed by atoms with van der Waals surface area (Å²) in [6, 6.07) is 32.1. The van der Waals surface area contributed by atoms with Crippen LogP contribution >= 0.6 is 11.6 Å². The number of phenolic OH excluding ortho intramolecular Hbond substituents is 2. The molecule has 5 aromatic carbocycles. The molecular weight excluding hydrogens is 508 g/mol. The molecule has 0 radical (unpaired) electrons. The molecule has 0 aliphatic heterocycles. The van der Waals surface area contributed by atoms with Gasteiger partial charge in [0.25, 0.3) is 0 Å². The summed E-state index contributed by atoms with van der Waals surface area (Å²) >= 11 is 5.93. The summed E-state index contributed by atoms with van der Waals surface area (Å²) in [4.78, 5) is 14.3. The lowest BCUT2D eigenvalue weighted by molar-refractivity contribution is 0.223. The van der Waals surface area contributed by atoms with Gasteiger partial charge in [-0.3, -0.25) is 0 Å². The van der Waals surface area contributed by atoms with E-state index in [-0.39, 0.29) is 17.5 Å². The average molecular weight is 537 g/mol. The number of hydrogen-bond acceptors (Lipinski definition) is 3. The molecule has 39 heavy (non-hydrogen) atoms. The van der Waals surface area contributed by atoms with Crippen molar-refractivity contribution >= 4 is 34.1 Å². The van der Waals surface area contributed by atoms with Crippen molar-refractivity contribution in [3.8, 4) is 22.6 Å². The van der Waals surface area contributed by atoms with Gasteiger partial charge in [0, 0.05) is 24.3 Å². The number of nitrogens with zero attached hydrogens (tertiary/aromatic N) is 1. The van der Waals surface area contributed by atoms with Crippen molar-refractivity contribution in [2.45, 2.75) is 12.8 Å². The van der Waals surface area contributed by atoms with Gasteiger partial charge in [-0.1, -0.05) is 66.2 Å². The van der Waals surface area contributed by atoms with Gasteiger partial charge in [0.1, 0.15) is 11.5 Å². The summed E-state index contributed by atoms with van der Waals surface area (Å²) in [5.74, 6) is 0.461. The molecular formula is C33H29ClN2O3. The van der Waals surface area contributed by atoms with E-state index in [1.165, 1.54) is 0 Å². The van der Waals surface area contributed by atoms with E-state index < -0.39 is 0 Å². The summed E-state index contributed by atoms with van der Waals surface area (Å²) in [7, 11) is 1.78. The molecule has 3 N–H and O–H groups in total. The molecule has 0 aliphatic rings. The maximum atomic E-state index is 12.6. The molecule has 5 aromatic rings. The lowest BCUT2D eigenvalue weighted by atomic mass is 9.89. The highest BCUT2D eigenvalue weighted by molar-refractivity contribution is 6.30. The largest absolute Gasteiger partial charge is 0.508 e. The Morgan fingerprint density at radius 1 is 0.821 bits per heavy atom. The smallest absolute Gasteiger partial charge is 0.321 e. The molecule has 0 spiro atoms. The topological polar surface area (TPSA) is 72.8 Å². The van der Waals surface area contributed by atoms with E-state index in [2.05, 4.69) is 35.6 Å². The first-order valence-corrected chi connectivity index (χ1v) is 13.1. The van der Waals surface area contributed by atoms with Gasteiger partial charge in [-0.2, -0.15) is 0 Å². The van der Waals surface area contributed by atoms with E-state index in [0.29, 0.717) is 30.1 Å². The van der Waals surface area contributed by atoms with Crippen LogP contribution in [0.15, 0.2) is 103 Å². The monoisotopic (exact) mass is 536 g/mol. The number of fused-ring (bicyclic) bond motifs is 1. The van der Waals surface area contributed by atoms with Crippen LogP contribution in [-0.4, -0.2) is 34.7 Å². The Morgan fingerprint density at radius 2 is 1.54 bits per heavy atom. The summed E-state index contributed by atoms with van der Waals surface area (Å²) in [5.41, 5.74) is 6.24. The van der Waals surface area contributed by atoms with Crippen molar-refractivity contribution in [1.82, 2.24) is 4.90 Å². The molecule has 0 saturated carbocycles. The number of carbonyl (C=O) groups excluding carboxylic acids is 1. The lowest BCUT2D eigenvalue weighted by Crippen LogP contribution is -2.32. The first kappa shape index (κ1) is 26.1. The number of carbonyl (C=O) groups is 1. The summed E-state index contributed by atoms with van der Waals surface area (Å²) in [6.45, 7) is 0.565. The van der Waals surface area contributed by atoms with Crippen molar-refractivity contribution in [2.24, 2.45) is 0 Å². The number of nitrogens with one attached hydrogen (secondary N) is 1. The first-order valence-electron chi connectivity index (χ1n) is 12.8. The van der Waals surface area contributed by atoms with Gasteiger partial charge in [-0.05, 0) is 100.0 Å². The standard InChI is InChI=1S/C33H29ClN2O3/c1-36(33(39)35-27-10-8-26(34)9-11-27)18-17-22-3-2-4-23(19-22)20-32-30(24-5-12-28(37)13-6-24)15-7-25-21-29(38)14-16-31(25)32/h2-16,19,21,37-38H,17-18,20H2,1H3,(H,35,39). The molecule has 0 atom stereocenters. The predicted octanol–water partition coefficient (Wildman–Crippen LogP) is 7.87. The van der Waals surface area contributed by atoms with Crippen LogP contribution in [-0.2, 0) is 12.8 Å². The van der Waals surface area contributed by atoms with Crippen molar-refractivity contribution in [1.29, 1.82) is 0 Å². The van der Waals surface area contributed by atoms with Gasteiger partial charge < -0.3 is 20.4 Å². The van der Waals surface area contributed by atoms with E-state index in [9.17, 15) is 15.0 Å². The zero-order valence-electron chi connectivity index (χ0n) is 21.6. The minimum Gasteiger partial charge on any atom is -0.508 e. The van der Waals surface area contributed by atoms with Crippen molar-refractivity contribution in [2.75, 3.05) is 18.9 Å². The van der Waals surface area contributed by atoms with Crippen LogP contribution in [0.25, 0.3) is 21.9 Å². The molecule has 5 rings (SSSR count). The van der Waals surface area contributed by atoms with Gasteiger partial charge >= 0.3 is 6.03 Å². The molecule has 5 nitrogen and oxygen atoms in total. The molecule has 2 amide bonds. The number of halogens is 1. The Hall–Kier alpha value is -4.48. The second kappa shape index (κ2) is 11.5. The molecule has 0 aliphatic carbocycles. The number of hydrogen-bond donors (Lipinski definition) is 3. The Bertz CT molecular complexity index is 1620. The second-order valence-electron chi connectivity index (χ2n) is 9.65. The molecule has 0 heterocycles. The highest BCUT2D eigenvalue weighted by Crippen LogP contribution is 2.34. The van der Waals surface area contributed by atoms with Crippen LogP contribution in [0.5, 0.6) is 11.5 Å².